The highest BCUT2D eigenvalue weighted by atomic mass is 35.5. The maximum atomic E-state index is 12.7. The Labute approximate surface area is 191 Å². The quantitative estimate of drug-likeness (QED) is 0.365. The third kappa shape index (κ3) is 4.61. The van der Waals surface area contributed by atoms with E-state index in [1.54, 1.807) is 50.4 Å². The first-order valence-corrected chi connectivity index (χ1v) is 10.2. The number of anilines is 1. The Morgan fingerprint density at radius 3 is 2.58 bits per heavy atom. The topological polar surface area (TPSA) is 67.0 Å². The van der Waals surface area contributed by atoms with Crippen LogP contribution in [0.25, 0.3) is 11.8 Å². The summed E-state index contributed by atoms with van der Waals surface area (Å²) in [6.07, 6.45) is 1.57. The Morgan fingerprint density at radius 1 is 1.16 bits per heavy atom. The minimum atomic E-state index is -0.502. The minimum absolute atomic E-state index is 0.0160. The number of aryl methyl sites for hydroxylation is 1. The number of nitrogens with zero attached hydrogens (tertiary/aromatic N) is 2. The average Bonchev–Trinajstić information content (AvgIpc) is 3.02. The van der Waals surface area contributed by atoms with Gasteiger partial charge in [0.05, 0.1) is 12.8 Å². The van der Waals surface area contributed by atoms with E-state index in [9.17, 15) is 10.1 Å². The van der Waals surface area contributed by atoms with Crippen LogP contribution in [0, 0.1) is 32.1 Å². The van der Waals surface area contributed by atoms with Crippen molar-refractivity contribution in [3.05, 3.63) is 80.6 Å². The molecule has 0 radical (unpaired) electrons. The molecule has 7 heteroatoms. The number of hydrogen-bond donors (Lipinski definition) is 1. The summed E-state index contributed by atoms with van der Waals surface area (Å²) in [4.78, 5) is 12.7. The Bertz CT molecular complexity index is 1240. The van der Waals surface area contributed by atoms with Crippen molar-refractivity contribution >= 4 is 40.9 Å². The van der Waals surface area contributed by atoms with E-state index in [1.165, 1.54) is 0 Å². The van der Waals surface area contributed by atoms with E-state index in [-0.39, 0.29) is 5.57 Å². The van der Waals surface area contributed by atoms with Gasteiger partial charge in [0.2, 0.25) is 0 Å². The molecule has 31 heavy (non-hydrogen) atoms. The summed E-state index contributed by atoms with van der Waals surface area (Å²) >= 11 is 12.3. The molecule has 3 rings (SSSR count). The van der Waals surface area contributed by atoms with Crippen LogP contribution in [0.1, 0.15) is 22.5 Å². The second kappa shape index (κ2) is 9.30. The monoisotopic (exact) mass is 453 g/mol. The van der Waals surface area contributed by atoms with Crippen molar-refractivity contribution in [1.82, 2.24) is 4.57 Å². The van der Waals surface area contributed by atoms with Gasteiger partial charge in [0.1, 0.15) is 17.4 Å². The molecular formula is C24H21Cl2N3O2. The van der Waals surface area contributed by atoms with E-state index in [0.717, 1.165) is 28.2 Å². The van der Waals surface area contributed by atoms with Crippen LogP contribution in [0.3, 0.4) is 0 Å². The van der Waals surface area contributed by atoms with Crippen LogP contribution < -0.4 is 10.1 Å². The Morgan fingerprint density at radius 2 is 1.90 bits per heavy atom. The van der Waals surface area contributed by atoms with E-state index in [0.29, 0.717) is 21.5 Å². The number of rotatable bonds is 5. The minimum Gasteiger partial charge on any atom is -0.495 e. The van der Waals surface area contributed by atoms with E-state index in [2.05, 4.69) is 5.32 Å². The molecule has 1 aromatic heterocycles. The lowest BCUT2D eigenvalue weighted by atomic mass is 10.1. The second-order valence-electron chi connectivity index (χ2n) is 7.01. The molecule has 0 aliphatic rings. The van der Waals surface area contributed by atoms with Gasteiger partial charge in [-0.3, -0.25) is 4.79 Å². The van der Waals surface area contributed by atoms with Gasteiger partial charge in [0.15, 0.2) is 0 Å². The summed E-state index contributed by atoms with van der Waals surface area (Å²) in [5, 5.41) is 13.5. The number of carbonyl (C=O) groups excluding carboxylic acids is 1. The van der Waals surface area contributed by atoms with Crippen molar-refractivity contribution in [3.8, 4) is 17.5 Å². The van der Waals surface area contributed by atoms with Crippen LogP contribution in [0.15, 0.2) is 48.0 Å². The fourth-order valence-electron chi connectivity index (χ4n) is 3.38. The summed E-state index contributed by atoms with van der Waals surface area (Å²) in [5.74, 6) is 0.161. The largest absolute Gasteiger partial charge is 0.495 e. The summed E-state index contributed by atoms with van der Waals surface area (Å²) in [6, 6.07) is 14.5. The van der Waals surface area contributed by atoms with E-state index < -0.39 is 5.91 Å². The van der Waals surface area contributed by atoms with Crippen molar-refractivity contribution in [2.45, 2.75) is 20.8 Å². The summed E-state index contributed by atoms with van der Waals surface area (Å²) < 4.78 is 7.46. The molecule has 0 fully saturated rings. The van der Waals surface area contributed by atoms with Gasteiger partial charge in [0.25, 0.3) is 5.91 Å². The summed E-state index contributed by atoms with van der Waals surface area (Å²) in [7, 11) is 1.59. The molecule has 0 unspecified atom stereocenters. The fraction of sp³-hybridized carbons (Fsp3) is 0.167. The predicted molar refractivity (Wildman–Crippen MR) is 125 cm³/mol. The van der Waals surface area contributed by atoms with Gasteiger partial charge >= 0.3 is 0 Å². The Hall–Kier alpha value is -3.20. The van der Waals surface area contributed by atoms with Crippen molar-refractivity contribution in [1.29, 1.82) is 5.26 Å². The zero-order valence-electron chi connectivity index (χ0n) is 17.6. The molecule has 3 aromatic rings. The zero-order valence-corrected chi connectivity index (χ0v) is 19.1. The van der Waals surface area contributed by atoms with Gasteiger partial charge in [0, 0.05) is 27.1 Å². The van der Waals surface area contributed by atoms with E-state index in [4.69, 9.17) is 27.9 Å². The smallest absolute Gasteiger partial charge is 0.266 e. The second-order valence-corrected chi connectivity index (χ2v) is 7.86. The van der Waals surface area contributed by atoms with Crippen LogP contribution in [-0.2, 0) is 4.79 Å². The van der Waals surface area contributed by atoms with Crippen LogP contribution in [0.5, 0.6) is 5.75 Å². The number of hydrogen-bond acceptors (Lipinski definition) is 3. The first-order valence-electron chi connectivity index (χ1n) is 9.48. The van der Waals surface area contributed by atoms with Gasteiger partial charge in [-0.05, 0) is 74.4 Å². The first kappa shape index (κ1) is 22.5. The van der Waals surface area contributed by atoms with Crippen LogP contribution >= 0.6 is 23.2 Å². The highest BCUT2D eigenvalue weighted by Gasteiger charge is 2.17. The average molecular weight is 454 g/mol. The normalized spacial score (nSPS) is 11.2. The molecule has 0 saturated heterocycles. The lowest BCUT2D eigenvalue weighted by Crippen LogP contribution is -2.14. The molecule has 0 saturated carbocycles. The van der Waals surface area contributed by atoms with Gasteiger partial charge < -0.3 is 14.6 Å². The Kier molecular flexibility index (Phi) is 6.74. The van der Waals surface area contributed by atoms with Crippen LogP contribution in [0.2, 0.25) is 10.0 Å². The predicted octanol–water partition coefficient (Wildman–Crippen LogP) is 6.26. The molecule has 2 aromatic carbocycles. The van der Waals surface area contributed by atoms with Crippen molar-refractivity contribution in [3.63, 3.8) is 0 Å². The molecule has 0 spiro atoms. The number of amides is 1. The zero-order chi connectivity index (χ0) is 22.7. The molecule has 0 aliphatic carbocycles. The van der Waals surface area contributed by atoms with E-state index >= 15 is 0 Å². The molecule has 5 nitrogen and oxygen atoms in total. The van der Waals surface area contributed by atoms with Gasteiger partial charge in [-0.25, -0.2) is 0 Å². The lowest BCUT2D eigenvalue weighted by Gasteiger charge is -2.14. The van der Waals surface area contributed by atoms with E-state index in [1.807, 2.05) is 36.6 Å². The lowest BCUT2D eigenvalue weighted by molar-refractivity contribution is -0.112. The molecule has 1 heterocycles. The molecule has 158 valence electrons. The van der Waals surface area contributed by atoms with Gasteiger partial charge in [-0.1, -0.05) is 29.3 Å². The number of nitrogens with one attached hydrogen (secondary N) is 1. The first-order chi connectivity index (χ1) is 14.8. The SMILES string of the molecule is COc1ccc(Cl)cc1-n1c(C)cc(/C=C(/C#N)C(=O)Nc2cccc(Cl)c2C)c1C. The number of nitriles is 1. The number of methoxy groups -OCH3 is 1. The van der Waals surface area contributed by atoms with Crippen molar-refractivity contribution in [2.24, 2.45) is 0 Å². The highest BCUT2D eigenvalue weighted by molar-refractivity contribution is 6.32. The maximum absolute atomic E-state index is 12.7. The van der Waals surface area contributed by atoms with Crippen LogP contribution in [0.4, 0.5) is 5.69 Å². The third-order valence-corrected chi connectivity index (χ3v) is 5.68. The third-order valence-electron chi connectivity index (χ3n) is 5.03. The molecular weight excluding hydrogens is 433 g/mol. The van der Waals surface area contributed by atoms with Gasteiger partial charge in [-0.2, -0.15) is 5.26 Å². The molecule has 1 N–H and O–H groups in total. The number of aromatic nitrogens is 1. The van der Waals surface area contributed by atoms with Crippen molar-refractivity contribution in [2.75, 3.05) is 12.4 Å². The molecule has 0 bridgehead atoms. The van der Waals surface area contributed by atoms with Crippen LogP contribution in [-0.4, -0.2) is 17.6 Å². The fourth-order valence-corrected chi connectivity index (χ4v) is 3.72. The standard InChI is InChI=1S/C24H21Cl2N3O2/c1-14-10-17(16(3)29(14)22-12-19(25)8-9-23(22)31-4)11-18(13-27)24(30)28-21-7-5-6-20(26)15(21)2/h5-12H,1-4H3,(H,28,30)/b18-11-. The number of carbonyl (C=O) groups is 1. The molecule has 0 atom stereocenters. The van der Waals surface area contributed by atoms with Gasteiger partial charge in [-0.15, -0.1) is 0 Å². The summed E-state index contributed by atoms with van der Waals surface area (Å²) in [5.41, 5.74) is 4.56. The highest BCUT2D eigenvalue weighted by Crippen LogP contribution is 2.31. The number of benzene rings is 2. The molecule has 0 aliphatic heterocycles. The number of ether oxygens (including phenoxy) is 1. The number of halogens is 2. The summed E-state index contributed by atoms with van der Waals surface area (Å²) in [6.45, 7) is 5.65. The molecule has 1 amide bonds. The Balaban J connectivity index is 2.00. The van der Waals surface area contributed by atoms with Crippen molar-refractivity contribution < 1.29 is 9.53 Å². The maximum Gasteiger partial charge on any atom is 0.266 e.